The lowest BCUT2D eigenvalue weighted by atomic mass is 9.47. The Balaban J connectivity index is 1.72. The van der Waals surface area contributed by atoms with Gasteiger partial charge in [-0.05, 0) is 81.5 Å². The lowest BCUT2D eigenvalue weighted by molar-refractivity contribution is -0.161. The summed E-state index contributed by atoms with van der Waals surface area (Å²) < 4.78 is 40.9. The molecule has 0 unspecified atom stereocenters. The van der Waals surface area contributed by atoms with E-state index in [0.29, 0.717) is 30.6 Å². The Morgan fingerprint density at radius 1 is 1.12 bits per heavy atom. The second-order valence-electron chi connectivity index (χ2n) is 8.86. The predicted octanol–water partition coefficient (Wildman–Crippen LogP) is 3.37. The first-order valence-corrected chi connectivity index (χ1v) is 10.7. The largest absolute Gasteiger partial charge is 0.469 e. The second kappa shape index (κ2) is 6.50. The minimum Gasteiger partial charge on any atom is -0.469 e. The number of ether oxygens (including phenoxy) is 1. The maximum absolute atomic E-state index is 12.2. The predicted molar refractivity (Wildman–Crippen MR) is 92.1 cm³/mol. The number of methoxy groups -OCH3 is 1. The summed E-state index contributed by atoms with van der Waals surface area (Å²) >= 11 is 0. The average Bonchev–Trinajstić information content (AvgIpc) is 2.53. The Labute approximate surface area is 150 Å². The molecule has 1 N–H and O–H groups in total. The van der Waals surface area contributed by atoms with Crippen LogP contribution >= 0.6 is 0 Å². The fourth-order valence-electron chi connectivity index (χ4n) is 6.13. The van der Waals surface area contributed by atoms with Gasteiger partial charge in [0.1, 0.15) is 0 Å². The van der Waals surface area contributed by atoms with Gasteiger partial charge in [0.05, 0.1) is 18.6 Å². The molecule has 0 aromatic carbocycles. The van der Waals surface area contributed by atoms with Crippen molar-refractivity contribution in [3.8, 4) is 0 Å². The van der Waals surface area contributed by atoms with Gasteiger partial charge < -0.3 is 4.74 Å². The zero-order valence-electron chi connectivity index (χ0n) is 15.4. The Morgan fingerprint density at radius 3 is 2.48 bits per heavy atom. The van der Waals surface area contributed by atoms with E-state index in [9.17, 15) is 13.2 Å². The number of hydrogen-bond donors (Lipinski definition) is 1. The molecule has 25 heavy (non-hydrogen) atoms. The molecule has 144 valence electrons. The van der Waals surface area contributed by atoms with E-state index in [-0.39, 0.29) is 16.8 Å². The van der Waals surface area contributed by atoms with E-state index in [1.54, 1.807) is 0 Å². The maximum Gasteiger partial charge on any atom is 0.397 e. The summed E-state index contributed by atoms with van der Waals surface area (Å²) in [5.74, 6) is 1.41. The van der Waals surface area contributed by atoms with Crippen LogP contribution in [0.2, 0.25) is 0 Å². The summed E-state index contributed by atoms with van der Waals surface area (Å²) in [5.41, 5.74) is -0.205. The van der Waals surface area contributed by atoms with Crippen LogP contribution in [0, 0.1) is 28.6 Å². The van der Waals surface area contributed by atoms with Gasteiger partial charge in [-0.3, -0.25) is 9.35 Å². The van der Waals surface area contributed by atoms with E-state index in [4.69, 9.17) is 13.5 Å². The van der Waals surface area contributed by atoms with Crippen molar-refractivity contribution < 1.29 is 26.7 Å². The molecule has 7 heteroatoms. The first kappa shape index (κ1) is 19.1. The summed E-state index contributed by atoms with van der Waals surface area (Å²) in [4.78, 5) is 12.2. The van der Waals surface area contributed by atoms with E-state index >= 15 is 0 Å². The summed E-state index contributed by atoms with van der Waals surface area (Å²) in [6.07, 6.45) is 6.70. The molecule has 0 aromatic rings. The topological polar surface area (TPSA) is 89.9 Å². The van der Waals surface area contributed by atoms with Crippen LogP contribution in [0.15, 0.2) is 0 Å². The van der Waals surface area contributed by atoms with Crippen molar-refractivity contribution in [3.63, 3.8) is 0 Å². The van der Waals surface area contributed by atoms with Gasteiger partial charge in [-0.15, -0.1) is 0 Å². The molecule has 0 radical (unpaired) electrons. The minimum atomic E-state index is -4.38. The molecular formula is C18H30O6S. The lowest BCUT2D eigenvalue weighted by Gasteiger charge is -2.58. The van der Waals surface area contributed by atoms with E-state index < -0.39 is 16.5 Å². The number of rotatable bonds is 3. The molecule has 6 atom stereocenters. The molecule has 3 fully saturated rings. The van der Waals surface area contributed by atoms with Crippen molar-refractivity contribution >= 4 is 16.4 Å². The zero-order valence-corrected chi connectivity index (χ0v) is 16.2. The highest BCUT2D eigenvalue weighted by molar-refractivity contribution is 7.80. The minimum absolute atomic E-state index is 0.0940. The van der Waals surface area contributed by atoms with Gasteiger partial charge in [0.25, 0.3) is 0 Å². The van der Waals surface area contributed by atoms with Gasteiger partial charge in [0, 0.05) is 0 Å². The molecule has 0 heterocycles. The molecule has 3 aliphatic carbocycles. The summed E-state index contributed by atoms with van der Waals surface area (Å²) in [5, 5.41) is 0. The van der Waals surface area contributed by atoms with Crippen molar-refractivity contribution in [1.29, 1.82) is 0 Å². The molecule has 0 amide bonds. The summed E-state index contributed by atoms with van der Waals surface area (Å²) in [6, 6.07) is 0. The first-order chi connectivity index (χ1) is 11.6. The Hall–Kier alpha value is -0.660. The monoisotopic (exact) mass is 374 g/mol. The van der Waals surface area contributed by atoms with E-state index in [1.807, 2.05) is 6.92 Å². The standard InChI is InChI=1S/C18H30O6S/c1-17(16(19)23-3)8-7-15-12(11-17)4-5-13-10-14(24-25(20,21)22)6-9-18(13,15)2/h12-15H,4-11H2,1-3H3,(H,20,21,22)/t12-,13+,14+,15-,17+,18-/m0/s1. The molecule has 0 saturated heterocycles. The number of hydrogen-bond acceptors (Lipinski definition) is 5. The van der Waals surface area contributed by atoms with E-state index in [2.05, 4.69) is 6.92 Å². The molecule has 0 spiro atoms. The number of fused-ring (bicyclic) bond motifs is 3. The quantitative estimate of drug-likeness (QED) is 0.602. The van der Waals surface area contributed by atoms with Crippen LogP contribution in [0.3, 0.4) is 0 Å². The molecule has 3 aliphatic rings. The number of carbonyl (C=O) groups is 1. The maximum atomic E-state index is 12.2. The van der Waals surface area contributed by atoms with Crippen LogP contribution in [0.25, 0.3) is 0 Å². The summed E-state index contributed by atoms with van der Waals surface area (Å²) in [7, 11) is -2.92. The normalized spacial score (nSPS) is 44.5. The molecule has 6 nitrogen and oxygen atoms in total. The van der Waals surface area contributed by atoms with Gasteiger partial charge in [0.15, 0.2) is 0 Å². The van der Waals surface area contributed by atoms with Crippen molar-refractivity contribution in [1.82, 2.24) is 0 Å². The van der Waals surface area contributed by atoms with Crippen LogP contribution in [0.1, 0.15) is 65.2 Å². The van der Waals surface area contributed by atoms with Crippen LogP contribution in [-0.2, 0) is 24.1 Å². The Bertz CT molecular complexity index is 631. The molecule has 0 aliphatic heterocycles. The van der Waals surface area contributed by atoms with Crippen LogP contribution in [0.5, 0.6) is 0 Å². The van der Waals surface area contributed by atoms with Gasteiger partial charge >= 0.3 is 16.4 Å². The lowest BCUT2D eigenvalue weighted by Crippen LogP contribution is -2.52. The third-order valence-corrected chi connectivity index (χ3v) is 7.96. The fourth-order valence-corrected chi connectivity index (χ4v) is 6.65. The summed E-state index contributed by atoms with van der Waals surface area (Å²) in [6.45, 7) is 4.36. The van der Waals surface area contributed by atoms with Crippen LogP contribution < -0.4 is 0 Å². The first-order valence-electron chi connectivity index (χ1n) is 9.31. The third-order valence-electron chi connectivity index (χ3n) is 7.44. The third kappa shape index (κ3) is 3.60. The van der Waals surface area contributed by atoms with Crippen molar-refractivity contribution in [3.05, 3.63) is 0 Å². The van der Waals surface area contributed by atoms with E-state index in [0.717, 1.165) is 38.5 Å². The van der Waals surface area contributed by atoms with E-state index in [1.165, 1.54) is 7.11 Å². The van der Waals surface area contributed by atoms with Gasteiger partial charge in [-0.25, -0.2) is 4.18 Å². The molecule has 0 aromatic heterocycles. The highest BCUT2D eigenvalue weighted by Gasteiger charge is 2.55. The van der Waals surface area contributed by atoms with Gasteiger partial charge in [-0.1, -0.05) is 6.92 Å². The van der Waals surface area contributed by atoms with Gasteiger partial charge in [0.2, 0.25) is 0 Å². The van der Waals surface area contributed by atoms with Crippen molar-refractivity contribution in [2.24, 2.45) is 28.6 Å². The van der Waals surface area contributed by atoms with Crippen LogP contribution in [-0.4, -0.2) is 32.2 Å². The molecule has 3 rings (SSSR count). The number of carbonyl (C=O) groups excluding carboxylic acids is 1. The average molecular weight is 374 g/mol. The second-order valence-corrected chi connectivity index (χ2v) is 9.91. The van der Waals surface area contributed by atoms with Gasteiger partial charge in [-0.2, -0.15) is 8.42 Å². The molecular weight excluding hydrogens is 344 g/mol. The van der Waals surface area contributed by atoms with Crippen molar-refractivity contribution in [2.75, 3.05) is 7.11 Å². The smallest absolute Gasteiger partial charge is 0.397 e. The highest BCUT2D eigenvalue weighted by Crippen LogP contribution is 2.61. The number of esters is 1. The highest BCUT2D eigenvalue weighted by atomic mass is 32.3. The van der Waals surface area contributed by atoms with Crippen molar-refractivity contribution in [2.45, 2.75) is 71.3 Å². The SMILES string of the molecule is COC(=O)[C@]1(C)CC[C@H]2[C@@H](CC[C@@H]3C[C@H](OS(=O)(=O)O)CC[C@@]32C)C1. The molecule has 0 bridgehead atoms. The molecule has 3 saturated carbocycles. The zero-order chi connectivity index (χ0) is 18.5. The fraction of sp³-hybridized carbons (Fsp3) is 0.944. The Kier molecular flexibility index (Phi) is 4.97. The van der Waals surface area contributed by atoms with Crippen LogP contribution in [0.4, 0.5) is 0 Å². The Morgan fingerprint density at radius 2 is 1.84 bits per heavy atom.